The Morgan fingerprint density at radius 2 is 1.48 bits per heavy atom. The van der Waals surface area contributed by atoms with Crippen molar-refractivity contribution in [2.45, 2.75) is 0 Å². The number of ketones is 1. The van der Waals surface area contributed by atoms with Crippen molar-refractivity contribution in [1.82, 2.24) is 4.98 Å². The van der Waals surface area contributed by atoms with Gasteiger partial charge in [-0.2, -0.15) is 0 Å². The molecule has 25 heavy (non-hydrogen) atoms. The van der Waals surface area contributed by atoms with Crippen LogP contribution in [0.1, 0.15) is 15.9 Å². The largest absolute Gasteiger partial charge is 0.289 e. The number of pyridine rings is 1. The van der Waals surface area contributed by atoms with Gasteiger partial charge < -0.3 is 0 Å². The predicted octanol–water partition coefficient (Wildman–Crippen LogP) is 5.79. The molecule has 0 saturated heterocycles. The van der Waals surface area contributed by atoms with E-state index in [1.807, 2.05) is 84.9 Å². The van der Waals surface area contributed by atoms with E-state index in [-0.39, 0.29) is 5.78 Å². The second-order valence-corrected chi connectivity index (χ2v) is 6.21. The Kier molecular flexibility index (Phi) is 4.04. The number of benzene rings is 3. The molecule has 0 aliphatic rings. The zero-order chi connectivity index (χ0) is 17.2. The average Bonchev–Trinajstić information content (AvgIpc) is 2.68. The van der Waals surface area contributed by atoms with Crippen LogP contribution in [0.2, 0.25) is 5.02 Å². The van der Waals surface area contributed by atoms with E-state index in [0.29, 0.717) is 16.1 Å². The summed E-state index contributed by atoms with van der Waals surface area (Å²) in [6, 6.07) is 26.4. The molecular formula is C22H14ClNO. The van der Waals surface area contributed by atoms with Gasteiger partial charge in [-0.1, -0.05) is 72.3 Å². The molecule has 120 valence electrons. The predicted molar refractivity (Wildman–Crippen MR) is 102 cm³/mol. The molecule has 0 radical (unpaired) electrons. The molecule has 1 heterocycles. The van der Waals surface area contributed by atoms with E-state index in [0.717, 1.165) is 22.2 Å². The lowest BCUT2D eigenvalue weighted by atomic mass is 9.97. The van der Waals surface area contributed by atoms with Crippen LogP contribution in [0.4, 0.5) is 0 Å². The number of aromatic nitrogens is 1. The van der Waals surface area contributed by atoms with Crippen LogP contribution in [0.15, 0.2) is 84.9 Å². The zero-order valence-corrected chi connectivity index (χ0v) is 14.1. The second kappa shape index (κ2) is 6.50. The topological polar surface area (TPSA) is 30.0 Å². The SMILES string of the molecule is O=C(c1ccccc1)c1cc(-c2ccc(Cl)cc2)nc2ccccc12. The first-order valence-corrected chi connectivity index (χ1v) is 8.36. The standard InChI is InChI=1S/C22H14ClNO/c23-17-12-10-15(11-13-17)21-14-19(18-8-4-5-9-20(18)24-21)22(25)16-6-2-1-3-7-16/h1-14H. The van der Waals surface area contributed by atoms with Crippen LogP contribution in [-0.4, -0.2) is 10.8 Å². The lowest BCUT2D eigenvalue weighted by Gasteiger charge is -2.09. The summed E-state index contributed by atoms with van der Waals surface area (Å²) in [5.74, 6) is -0.00517. The van der Waals surface area contributed by atoms with Gasteiger partial charge in [0, 0.05) is 27.1 Å². The highest BCUT2D eigenvalue weighted by atomic mass is 35.5. The molecule has 0 aliphatic carbocycles. The number of rotatable bonds is 3. The molecule has 0 atom stereocenters. The Balaban J connectivity index is 1.93. The first-order valence-electron chi connectivity index (χ1n) is 7.98. The minimum Gasteiger partial charge on any atom is -0.289 e. The quantitative estimate of drug-likeness (QED) is 0.441. The van der Waals surface area contributed by atoms with Crippen LogP contribution in [0, 0.1) is 0 Å². The van der Waals surface area contributed by atoms with Crippen molar-refractivity contribution >= 4 is 28.3 Å². The molecule has 3 heteroatoms. The lowest BCUT2D eigenvalue weighted by Crippen LogP contribution is -2.03. The highest BCUT2D eigenvalue weighted by Gasteiger charge is 2.15. The summed E-state index contributed by atoms with van der Waals surface area (Å²) in [5.41, 5.74) is 3.81. The van der Waals surface area contributed by atoms with Gasteiger partial charge in [0.25, 0.3) is 0 Å². The first kappa shape index (κ1) is 15.6. The Labute approximate surface area is 150 Å². The van der Waals surface area contributed by atoms with Crippen LogP contribution in [-0.2, 0) is 0 Å². The molecule has 0 saturated carbocycles. The highest BCUT2D eigenvalue weighted by molar-refractivity contribution is 6.30. The summed E-state index contributed by atoms with van der Waals surface area (Å²) in [4.78, 5) is 17.8. The van der Waals surface area contributed by atoms with E-state index in [1.165, 1.54) is 0 Å². The summed E-state index contributed by atoms with van der Waals surface area (Å²) < 4.78 is 0. The van der Waals surface area contributed by atoms with Gasteiger partial charge in [0.15, 0.2) is 5.78 Å². The van der Waals surface area contributed by atoms with Crippen molar-refractivity contribution in [3.05, 3.63) is 101 Å². The van der Waals surface area contributed by atoms with Crippen LogP contribution >= 0.6 is 11.6 Å². The maximum Gasteiger partial charge on any atom is 0.193 e. The minimum absolute atomic E-state index is 0.00517. The number of nitrogens with zero attached hydrogens (tertiary/aromatic N) is 1. The molecule has 0 N–H and O–H groups in total. The minimum atomic E-state index is -0.00517. The monoisotopic (exact) mass is 343 g/mol. The van der Waals surface area contributed by atoms with Crippen molar-refractivity contribution in [3.8, 4) is 11.3 Å². The summed E-state index contributed by atoms with van der Waals surface area (Å²) in [6.07, 6.45) is 0. The molecule has 0 bridgehead atoms. The van der Waals surface area contributed by atoms with Gasteiger partial charge in [-0.3, -0.25) is 4.79 Å². The van der Waals surface area contributed by atoms with Gasteiger partial charge in [-0.05, 0) is 24.3 Å². The van der Waals surface area contributed by atoms with Crippen molar-refractivity contribution in [2.75, 3.05) is 0 Å². The third-order valence-electron chi connectivity index (χ3n) is 4.14. The second-order valence-electron chi connectivity index (χ2n) is 5.77. The fourth-order valence-electron chi connectivity index (χ4n) is 2.88. The highest BCUT2D eigenvalue weighted by Crippen LogP contribution is 2.27. The fourth-order valence-corrected chi connectivity index (χ4v) is 3.00. The van der Waals surface area contributed by atoms with E-state index in [1.54, 1.807) is 0 Å². The Hall–Kier alpha value is -2.97. The molecule has 0 spiro atoms. The normalized spacial score (nSPS) is 10.8. The summed E-state index contributed by atoms with van der Waals surface area (Å²) >= 11 is 5.98. The molecule has 0 unspecified atom stereocenters. The first-order chi connectivity index (χ1) is 12.2. The molecule has 0 aliphatic heterocycles. The molecule has 1 aromatic heterocycles. The average molecular weight is 344 g/mol. The van der Waals surface area contributed by atoms with Crippen LogP contribution in [0.25, 0.3) is 22.2 Å². The number of hydrogen-bond donors (Lipinski definition) is 0. The molecule has 4 aromatic rings. The Bertz CT molecular complexity index is 1060. The molecular weight excluding hydrogens is 330 g/mol. The molecule has 2 nitrogen and oxygen atoms in total. The van der Waals surface area contributed by atoms with Crippen LogP contribution < -0.4 is 0 Å². The van der Waals surface area contributed by atoms with Gasteiger partial charge in [-0.15, -0.1) is 0 Å². The number of halogens is 1. The van der Waals surface area contributed by atoms with Gasteiger partial charge in [-0.25, -0.2) is 4.98 Å². The third kappa shape index (κ3) is 3.04. The zero-order valence-electron chi connectivity index (χ0n) is 13.3. The van der Waals surface area contributed by atoms with Crippen molar-refractivity contribution < 1.29 is 4.79 Å². The smallest absolute Gasteiger partial charge is 0.193 e. The van der Waals surface area contributed by atoms with Gasteiger partial charge in [0.05, 0.1) is 11.2 Å². The maximum absolute atomic E-state index is 13.0. The number of hydrogen-bond acceptors (Lipinski definition) is 2. The third-order valence-corrected chi connectivity index (χ3v) is 4.39. The summed E-state index contributed by atoms with van der Waals surface area (Å²) in [5, 5.41) is 1.53. The summed E-state index contributed by atoms with van der Waals surface area (Å²) in [7, 11) is 0. The molecule has 4 rings (SSSR count). The van der Waals surface area contributed by atoms with Crippen LogP contribution in [0.5, 0.6) is 0 Å². The molecule has 0 amide bonds. The fraction of sp³-hybridized carbons (Fsp3) is 0. The van der Waals surface area contributed by atoms with E-state index >= 15 is 0 Å². The van der Waals surface area contributed by atoms with E-state index in [4.69, 9.17) is 16.6 Å². The number of fused-ring (bicyclic) bond motifs is 1. The maximum atomic E-state index is 13.0. The Morgan fingerprint density at radius 3 is 2.24 bits per heavy atom. The van der Waals surface area contributed by atoms with Gasteiger partial charge >= 0.3 is 0 Å². The van der Waals surface area contributed by atoms with E-state index in [2.05, 4.69) is 0 Å². The lowest BCUT2D eigenvalue weighted by molar-refractivity contribution is 0.104. The van der Waals surface area contributed by atoms with Crippen molar-refractivity contribution in [1.29, 1.82) is 0 Å². The van der Waals surface area contributed by atoms with Crippen molar-refractivity contribution in [2.24, 2.45) is 0 Å². The Morgan fingerprint density at radius 1 is 0.800 bits per heavy atom. The number of carbonyl (C=O) groups excluding carboxylic acids is 1. The van der Waals surface area contributed by atoms with Crippen LogP contribution in [0.3, 0.4) is 0 Å². The van der Waals surface area contributed by atoms with E-state index in [9.17, 15) is 4.79 Å². The molecule has 0 fully saturated rings. The molecule has 3 aromatic carbocycles. The van der Waals surface area contributed by atoms with Crippen molar-refractivity contribution in [3.63, 3.8) is 0 Å². The number of carbonyl (C=O) groups is 1. The van der Waals surface area contributed by atoms with Gasteiger partial charge in [0.2, 0.25) is 0 Å². The number of para-hydroxylation sites is 1. The van der Waals surface area contributed by atoms with Gasteiger partial charge in [0.1, 0.15) is 0 Å². The summed E-state index contributed by atoms with van der Waals surface area (Å²) in [6.45, 7) is 0. The van der Waals surface area contributed by atoms with E-state index < -0.39 is 0 Å².